The minimum Gasteiger partial charge on any atom is -0.327 e. The number of nitrogens with two attached hydrogens (primary N) is 1. The Morgan fingerprint density at radius 2 is 1.75 bits per heavy atom. The van der Waals surface area contributed by atoms with E-state index in [2.05, 4.69) is 32.0 Å². The molecule has 64 valence electrons. The van der Waals surface area contributed by atoms with Gasteiger partial charge >= 0.3 is 0 Å². The molecule has 0 amide bonds. The van der Waals surface area contributed by atoms with Crippen molar-refractivity contribution in [2.45, 2.75) is 32.2 Å². The fourth-order valence-corrected chi connectivity index (χ4v) is 1.96. The van der Waals surface area contributed by atoms with Gasteiger partial charge in [-0.15, -0.1) is 0 Å². The molecule has 2 N–H and O–H groups in total. The number of hydrogen-bond acceptors (Lipinski definition) is 1. The van der Waals surface area contributed by atoms with Crippen LogP contribution in [0.4, 0.5) is 0 Å². The maximum atomic E-state index is 5.84. The first kappa shape index (κ1) is 7.81. The lowest BCUT2D eigenvalue weighted by Gasteiger charge is -2.07. The molecule has 0 radical (unpaired) electrons. The molecule has 0 heterocycles. The van der Waals surface area contributed by atoms with Crippen LogP contribution in [0.25, 0.3) is 0 Å². The summed E-state index contributed by atoms with van der Waals surface area (Å²) in [5.74, 6) is 0.645. The molecule has 0 bridgehead atoms. The van der Waals surface area contributed by atoms with E-state index >= 15 is 0 Å². The molecule has 1 aromatic carbocycles. The first-order valence-electron chi connectivity index (χ1n) is 4.52. The molecule has 0 aliphatic heterocycles. The highest BCUT2D eigenvalue weighted by Gasteiger charge is 2.36. The van der Waals surface area contributed by atoms with Crippen molar-refractivity contribution >= 4 is 0 Å². The Kier molecular flexibility index (Phi) is 1.69. The molecule has 12 heavy (non-hydrogen) atoms. The first-order chi connectivity index (χ1) is 5.70. The summed E-state index contributed by atoms with van der Waals surface area (Å²) >= 11 is 0. The van der Waals surface area contributed by atoms with Gasteiger partial charge in [-0.2, -0.15) is 0 Å². The van der Waals surface area contributed by atoms with Crippen LogP contribution >= 0.6 is 0 Å². The Hall–Kier alpha value is -0.820. The normalized spacial score (nSPS) is 27.2. The summed E-state index contributed by atoms with van der Waals surface area (Å²) in [5, 5.41) is 0. The molecule has 1 aromatic rings. The van der Waals surface area contributed by atoms with Crippen LogP contribution in [0.3, 0.4) is 0 Å². The van der Waals surface area contributed by atoms with Crippen molar-refractivity contribution in [3.63, 3.8) is 0 Å². The predicted molar refractivity (Wildman–Crippen MR) is 51.2 cm³/mol. The van der Waals surface area contributed by atoms with Crippen molar-refractivity contribution < 1.29 is 0 Å². The molecular formula is C11H15N. The highest BCUT2D eigenvalue weighted by atomic mass is 14.7. The molecule has 0 spiro atoms. The highest BCUT2D eigenvalue weighted by molar-refractivity contribution is 5.40. The van der Waals surface area contributed by atoms with E-state index in [1.165, 1.54) is 23.1 Å². The van der Waals surface area contributed by atoms with Gasteiger partial charge < -0.3 is 5.73 Å². The molecule has 1 aliphatic carbocycles. The van der Waals surface area contributed by atoms with E-state index in [9.17, 15) is 0 Å². The number of benzene rings is 1. The van der Waals surface area contributed by atoms with Gasteiger partial charge in [0.1, 0.15) is 0 Å². The molecular weight excluding hydrogens is 146 g/mol. The third-order valence-corrected chi connectivity index (χ3v) is 2.75. The summed E-state index contributed by atoms with van der Waals surface area (Å²) in [5.41, 5.74) is 10.1. The number of rotatable bonds is 1. The van der Waals surface area contributed by atoms with Gasteiger partial charge in [-0.1, -0.05) is 18.2 Å². The highest BCUT2D eigenvalue weighted by Crippen LogP contribution is 2.41. The predicted octanol–water partition coefficient (Wildman–Crippen LogP) is 2.12. The van der Waals surface area contributed by atoms with E-state index in [0.29, 0.717) is 12.0 Å². The van der Waals surface area contributed by atoms with E-state index in [-0.39, 0.29) is 0 Å². The molecule has 2 atom stereocenters. The third-order valence-electron chi connectivity index (χ3n) is 2.75. The Morgan fingerprint density at radius 3 is 2.17 bits per heavy atom. The topological polar surface area (TPSA) is 26.0 Å². The Balaban J connectivity index is 2.41. The lowest BCUT2D eigenvalue weighted by atomic mass is 9.99. The van der Waals surface area contributed by atoms with E-state index in [1.54, 1.807) is 0 Å². The third kappa shape index (κ3) is 1.14. The van der Waals surface area contributed by atoms with Crippen LogP contribution in [-0.4, -0.2) is 6.04 Å². The molecule has 1 aliphatic rings. The lowest BCUT2D eigenvalue weighted by Crippen LogP contribution is -2.03. The zero-order valence-corrected chi connectivity index (χ0v) is 7.67. The zero-order chi connectivity index (χ0) is 8.72. The zero-order valence-electron chi connectivity index (χ0n) is 7.67. The van der Waals surface area contributed by atoms with Crippen molar-refractivity contribution in [2.75, 3.05) is 0 Å². The molecule has 0 unspecified atom stereocenters. The van der Waals surface area contributed by atoms with E-state index in [1.807, 2.05) is 0 Å². The van der Waals surface area contributed by atoms with Crippen molar-refractivity contribution in [1.29, 1.82) is 0 Å². The van der Waals surface area contributed by atoms with Gasteiger partial charge in [-0.25, -0.2) is 0 Å². The minimum absolute atomic E-state index is 0.421. The summed E-state index contributed by atoms with van der Waals surface area (Å²) in [6, 6.07) is 6.88. The van der Waals surface area contributed by atoms with Gasteiger partial charge in [-0.3, -0.25) is 0 Å². The summed E-state index contributed by atoms with van der Waals surface area (Å²) in [7, 11) is 0. The van der Waals surface area contributed by atoms with Gasteiger partial charge in [0.2, 0.25) is 0 Å². The quantitative estimate of drug-likeness (QED) is 0.670. The molecule has 2 rings (SSSR count). The molecule has 0 saturated heterocycles. The van der Waals surface area contributed by atoms with Gasteiger partial charge in [-0.05, 0) is 37.0 Å². The molecule has 1 nitrogen and oxygen atoms in total. The van der Waals surface area contributed by atoms with Crippen LogP contribution in [0.5, 0.6) is 0 Å². The summed E-state index contributed by atoms with van der Waals surface area (Å²) in [4.78, 5) is 0. The molecule has 1 heteroatoms. The minimum atomic E-state index is 0.421. The average Bonchev–Trinajstić information content (AvgIpc) is 2.67. The Morgan fingerprint density at radius 1 is 1.25 bits per heavy atom. The van der Waals surface area contributed by atoms with Crippen LogP contribution in [0.15, 0.2) is 18.2 Å². The van der Waals surface area contributed by atoms with E-state index in [0.717, 1.165) is 0 Å². The van der Waals surface area contributed by atoms with Crippen LogP contribution in [0, 0.1) is 13.8 Å². The van der Waals surface area contributed by atoms with Gasteiger partial charge in [0.15, 0.2) is 0 Å². The van der Waals surface area contributed by atoms with E-state index in [4.69, 9.17) is 5.73 Å². The van der Waals surface area contributed by atoms with Gasteiger partial charge in [0.25, 0.3) is 0 Å². The SMILES string of the molecule is Cc1cccc(C)c1[C@@H]1C[C@H]1N. The van der Waals surface area contributed by atoms with Gasteiger partial charge in [0.05, 0.1) is 0 Å². The number of hydrogen-bond donors (Lipinski definition) is 1. The first-order valence-corrected chi connectivity index (χ1v) is 4.52. The molecule has 1 saturated carbocycles. The second kappa shape index (κ2) is 2.60. The monoisotopic (exact) mass is 161 g/mol. The van der Waals surface area contributed by atoms with Crippen LogP contribution in [-0.2, 0) is 0 Å². The largest absolute Gasteiger partial charge is 0.327 e. The smallest absolute Gasteiger partial charge is 0.0115 e. The Labute approximate surface area is 73.6 Å². The standard InChI is InChI=1S/C11H15N/c1-7-4-3-5-8(2)11(7)9-6-10(9)12/h3-5,9-10H,6,12H2,1-2H3/t9-,10-/m1/s1. The average molecular weight is 161 g/mol. The maximum Gasteiger partial charge on any atom is 0.0115 e. The number of aryl methyl sites for hydroxylation is 2. The maximum absolute atomic E-state index is 5.84. The second-order valence-corrected chi connectivity index (χ2v) is 3.81. The lowest BCUT2D eigenvalue weighted by molar-refractivity contribution is 0.969. The molecule has 1 fully saturated rings. The fraction of sp³-hybridized carbons (Fsp3) is 0.455. The summed E-state index contributed by atoms with van der Waals surface area (Å²) in [6.07, 6.45) is 1.17. The van der Waals surface area contributed by atoms with Gasteiger partial charge in [0, 0.05) is 12.0 Å². The summed E-state index contributed by atoms with van der Waals surface area (Å²) in [6.45, 7) is 4.35. The van der Waals surface area contributed by atoms with Crippen molar-refractivity contribution in [3.05, 3.63) is 34.9 Å². The van der Waals surface area contributed by atoms with Crippen LogP contribution < -0.4 is 5.73 Å². The van der Waals surface area contributed by atoms with Crippen molar-refractivity contribution in [3.8, 4) is 0 Å². The summed E-state index contributed by atoms with van der Waals surface area (Å²) < 4.78 is 0. The second-order valence-electron chi connectivity index (χ2n) is 3.81. The fourth-order valence-electron chi connectivity index (χ4n) is 1.96. The van der Waals surface area contributed by atoms with E-state index < -0.39 is 0 Å². The Bertz CT molecular complexity index is 284. The molecule has 0 aromatic heterocycles. The van der Waals surface area contributed by atoms with Crippen molar-refractivity contribution in [1.82, 2.24) is 0 Å². The van der Waals surface area contributed by atoms with Crippen LogP contribution in [0.1, 0.15) is 29.0 Å². The van der Waals surface area contributed by atoms with Crippen LogP contribution in [0.2, 0.25) is 0 Å². The van der Waals surface area contributed by atoms with Crippen molar-refractivity contribution in [2.24, 2.45) is 5.73 Å².